The zero-order valence-electron chi connectivity index (χ0n) is 14.8. The third kappa shape index (κ3) is 3.43. The lowest BCUT2D eigenvalue weighted by Crippen LogP contribution is -2.20. The molecule has 0 saturated carbocycles. The third-order valence-corrected chi connectivity index (χ3v) is 5.10. The third-order valence-electron chi connectivity index (χ3n) is 4.80. The van der Waals surface area contributed by atoms with E-state index in [4.69, 9.17) is 20.8 Å². The van der Waals surface area contributed by atoms with Crippen LogP contribution in [0.1, 0.15) is 23.1 Å². The molecule has 138 valence electrons. The summed E-state index contributed by atoms with van der Waals surface area (Å²) >= 11 is 6.34. The number of halogens is 1. The summed E-state index contributed by atoms with van der Waals surface area (Å²) in [6.07, 6.45) is 2.52. The second kappa shape index (κ2) is 7.08. The standard InChI is InChI=1S/C21H18ClNO4/c1-12-5-2-3-8-17(12)23-20(24)11-26-19-10-18-15(9-16(19)22)13-6-4-7-14(13)21(25)27-18/h2-3,5,8-10H,4,6-7,11H2,1H3,(H,23,24). The number of hydrogen-bond acceptors (Lipinski definition) is 4. The molecule has 0 unspecified atom stereocenters. The van der Waals surface area contributed by atoms with Gasteiger partial charge in [-0.2, -0.15) is 0 Å². The van der Waals surface area contributed by atoms with Crippen molar-refractivity contribution in [2.24, 2.45) is 0 Å². The lowest BCUT2D eigenvalue weighted by molar-refractivity contribution is -0.118. The van der Waals surface area contributed by atoms with Crippen molar-refractivity contribution in [1.29, 1.82) is 0 Å². The second-order valence-corrected chi connectivity index (χ2v) is 7.04. The topological polar surface area (TPSA) is 68.5 Å². The lowest BCUT2D eigenvalue weighted by Gasteiger charge is -2.12. The molecule has 6 heteroatoms. The fraction of sp³-hybridized carbons (Fsp3) is 0.238. The summed E-state index contributed by atoms with van der Waals surface area (Å²) in [5, 5.41) is 4.02. The molecule has 2 aromatic carbocycles. The highest BCUT2D eigenvalue weighted by Crippen LogP contribution is 2.34. The highest BCUT2D eigenvalue weighted by atomic mass is 35.5. The summed E-state index contributed by atoms with van der Waals surface area (Å²) in [5.41, 5.74) is 3.57. The number of fused-ring (bicyclic) bond motifs is 3. The number of amides is 1. The molecule has 1 aromatic heterocycles. The summed E-state index contributed by atoms with van der Waals surface area (Å²) in [5.74, 6) is 0.0149. The van der Waals surface area contributed by atoms with E-state index in [0.717, 1.165) is 47.0 Å². The molecular formula is C21H18ClNO4. The Morgan fingerprint density at radius 3 is 2.81 bits per heavy atom. The molecular weight excluding hydrogens is 366 g/mol. The first-order valence-electron chi connectivity index (χ1n) is 8.79. The van der Waals surface area contributed by atoms with Gasteiger partial charge >= 0.3 is 5.63 Å². The summed E-state index contributed by atoms with van der Waals surface area (Å²) in [4.78, 5) is 24.3. The Hall–Kier alpha value is -2.79. The summed E-state index contributed by atoms with van der Waals surface area (Å²) in [6.45, 7) is 1.71. The van der Waals surface area contributed by atoms with Crippen LogP contribution in [0.3, 0.4) is 0 Å². The van der Waals surface area contributed by atoms with Crippen LogP contribution in [-0.2, 0) is 17.6 Å². The van der Waals surface area contributed by atoms with Crippen LogP contribution < -0.4 is 15.7 Å². The highest BCUT2D eigenvalue weighted by Gasteiger charge is 2.21. The maximum absolute atomic E-state index is 12.2. The molecule has 0 spiro atoms. The molecule has 1 heterocycles. The van der Waals surface area contributed by atoms with Gasteiger partial charge in [-0.05, 0) is 49.4 Å². The van der Waals surface area contributed by atoms with E-state index >= 15 is 0 Å². The quantitative estimate of drug-likeness (QED) is 0.683. The van der Waals surface area contributed by atoms with Gasteiger partial charge in [0.2, 0.25) is 0 Å². The van der Waals surface area contributed by atoms with E-state index < -0.39 is 0 Å². The van der Waals surface area contributed by atoms with Gasteiger partial charge in [0, 0.05) is 22.7 Å². The fourth-order valence-corrected chi connectivity index (χ4v) is 3.65. The summed E-state index contributed by atoms with van der Waals surface area (Å²) in [6, 6.07) is 10.8. The number of aryl methyl sites for hydroxylation is 2. The number of carbonyl (C=O) groups excluding carboxylic acids is 1. The molecule has 5 nitrogen and oxygen atoms in total. The molecule has 0 atom stereocenters. The molecule has 1 aliphatic carbocycles. The van der Waals surface area contributed by atoms with Gasteiger partial charge in [-0.15, -0.1) is 0 Å². The largest absolute Gasteiger partial charge is 0.482 e. The van der Waals surface area contributed by atoms with E-state index in [1.807, 2.05) is 31.2 Å². The molecule has 0 bridgehead atoms. The Labute approximate surface area is 160 Å². The lowest BCUT2D eigenvalue weighted by atomic mass is 10.1. The molecule has 27 heavy (non-hydrogen) atoms. The Kier molecular flexibility index (Phi) is 4.62. The van der Waals surface area contributed by atoms with E-state index in [9.17, 15) is 9.59 Å². The van der Waals surface area contributed by atoms with Crippen LogP contribution in [0.5, 0.6) is 5.75 Å². The molecule has 0 aliphatic heterocycles. The van der Waals surface area contributed by atoms with Gasteiger partial charge in [-0.3, -0.25) is 4.79 Å². The Morgan fingerprint density at radius 2 is 2.00 bits per heavy atom. The van der Waals surface area contributed by atoms with Gasteiger partial charge in [0.05, 0.1) is 5.02 Å². The van der Waals surface area contributed by atoms with Gasteiger partial charge in [-0.1, -0.05) is 29.8 Å². The fourth-order valence-electron chi connectivity index (χ4n) is 3.44. The van der Waals surface area contributed by atoms with Gasteiger partial charge in [-0.25, -0.2) is 4.79 Å². The maximum Gasteiger partial charge on any atom is 0.339 e. The SMILES string of the molecule is Cc1ccccc1NC(=O)COc1cc2oc(=O)c3c(c2cc1Cl)CCC3. The van der Waals surface area contributed by atoms with Gasteiger partial charge in [0.25, 0.3) is 5.91 Å². The number of ether oxygens (including phenoxy) is 1. The van der Waals surface area contributed by atoms with Crippen molar-refractivity contribution < 1.29 is 13.9 Å². The van der Waals surface area contributed by atoms with Crippen molar-refractivity contribution in [3.05, 3.63) is 68.5 Å². The summed E-state index contributed by atoms with van der Waals surface area (Å²) in [7, 11) is 0. The first-order valence-corrected chi connectivity index (χ1v) is 9.17. The summed E-state index contributed by atoms with van der Waals surface area (Å²) < 4.78 is 11.0. The zero-order chi connectivity index (χ0) is 19.0. The zero-order valence-corrected chi connectivity index (χ0v) is 15.6. The average Bonchev–Trinajstić information content (AvgIpc) is 3.14. The van der Waals surface area contributed by atoms with Gasteiger partial charge in [0.15, 0.2) is 6.61 Å². The predicted octanol–water partition coefficient (Wildman–Crippen LogP) is 4.26. The Balaban J connectivity index is 1.55. The molecule has 3 aromatic rings. The van der Waals surface area contributed by atoms with Crippen LogP contribution in [-0.4, -0.2) is 12.5 Å². The van der Waals surface area contributed by atoms with Crippen LogP contribution >= 0.6 is 11.6 Å². The number of carbonyl (C=O) groups is 1. The van der Waals surface area contributed by atoms with Crippen molar-refractivity contribution in [3.63, 3.8) is 0 Å². The predicted molar refractivity (Wildman–Crippen MR) is 105 cm³/mol. The van der Waals surface area contributed by atoms with Crippen molar-refractivity contribution in [2.45, 2.75) is 26.2 Å². The molecule has 0 fully saturated rings. The molecule has 0 radical (unpaired) electrons. The van der Waals surface area contributed by atoms with Crippen molar-refractivity contribution in [3.8, 4) is 5.75 Å². The smallest absolute Gasteiger partial charge is 0.339 e. The number of rotatable bonds is 4. The molecule has 4 rings (SSSR count). The maximum atomic E-state index is 12.2. The number of para-hydroxylation sites is 1. The van der Waals surface area contributed by atoms with E-state index in [1.165, 1.54) is 0 Å². The van der Waals surface area contributed by atoms with Gasteiger partial charge < -0.3 is 14.5 Å². The van der Waals surface area contributed by atoms with Crippen LogP contribution in [0.4, 0.5) is 5.69 Å². The van der Waals surface area contributed by atoms with Crippen LogP contribution in [0, 0.1) is 6.92 Å². The minimum atomic E-state index is -0.305. The van der Waals surface area contributed by atoms with Crippen LogP contribution in [0.2, 0.25) is 5.02 Å². The number of nitrogens with one attached hydrogen (secondary N) is 1. The monoisotopic (exact) mass is 383 g/mol. The Morgan fingerprint density at radius 1 is 1.22 bits per heavy atom. The molecule has 0 saturated heterocycles. The highest BCUT2D eigenvalue weighted by molar-refractivity contribution is 6.32. The number of hydrogen-bond donors (Lipinski definition) is 1. The van der Waals surface area contributed by atoms with Crippen molar-refractivity contribution >= 4 is 34.2 Å². The minimum Gasteiger partial charge on any atom is -0.482 e. The molecule has 1 N–H and O–H groups in total. The second-order valence-electron chi connectivity index (χ2n) is 6.63. The van der Waals surface area contributed by atoms with Crippen LogP contribution in [0.25, 0.3) is 11.0 Å². The normalized spacial score (nSPS) is 12.8. The average molecular weight is 384 g/mol. The van der Waals surface area contributed by atoms with E-state index in [2.05, 4.69) is 5.32 Å². The molecule has 1 aliphatic rings. The van der Waals surface area contributed by atoms with Crippen molar-refractivity contribution in [1.82, 2.24) is 0 Å². The molecule has 1 amide bonds. The number of benzene rings is 2. The first-order chi connectivity index (χ1) is 13.0. The Bertz CT molecular complexity index is 1100. The van der Waals surface area contributed by atoms with Crippen LogP contribution in [0.15, 0.2) is 45.6 Å². The minimum absolute atomic E-state index is 0.200. The van der Waals surface area contributed by atoms with E-state index in [0.29, 0.717) is 16.4 Å². The first kappa shape index (κ1) is 17.6. The number of anilines is 1. The van der Waals surface area contributed by atoms with E-state index in [-0.39, 0.29) is 18.1 Å². The van der Waals surface area contributed by atoms with Gasteiger partial charge in [0.1, 0.15) is 11.3 Å². The van der Waals surface area contributed by atoms with E-state index in [1.54, 1.807) is 12.1 Å². The van der Waals surface area contributed by atoms with Crippen molar-refractivity contribution in [2.75, 3.05) is 11.9 Å².